The zero-order chi connectivity index (χ0) is 17.1. The molecule has 2 amide bonds. The van der Waals surface area contributed by atoms with Crippen molar-refractivity contribution in [2.45, 2.75) is 26.4 Å². The van der Waals surface area contributed by atoms with E-state index in [0.29, 0.717) is 36.9 Å². The molecular formula is C17H19ClN4O2. The van der Waals surface area contributed by atoms with Crippen molar-refractivity contribution in [3.63, 3.8) is 0 Å². The van der Waals surface area contributed by atoms with Crippen molar-refractivity contribution >= 4 is 23.4 Å². The third-order valence-electron chi connectivity index (χ3n) is 3.90. The van der Waals surface area contributed by atoms with Crippen molar-refractivity contribution in [2.24, 2.45) is 0 Å². The number of amides is 2. The van der Waals surface area contributed by atoms with E-state index in [1.807, 2.05) is 25.1 Å². The van der Waals surface area contributed by atoms with E-state index >= 15 is 0 Å². The highest BCUT2D eigenvalue weighted by atomic mass is 35.5. The number of nitrogens with zero attached hydrogens (tertiary/aromatic N) is 3. The molecule has 0 fully saturated rings. The molecule has 3 rings (SSSR count). The van der Waals surface area contributed by atoms with Gasteiger partial charge < -0.3 is 10.2 Å². The maximum absolute atomic E-state index is 12.7. The number of hydrogen-bond donors (Lipinski definition) is 1. The molecule has 1 aromatic heterocycles. The van der Waals surface area contributed by atoms with Crippen LogP contribution in [0.5, 0.6) is 0 Å². The lowest BCUT2D eigenvalue weighted by molar-refractivity contribution is 0.0683. The average Bonchev–Trinajstić information content (AvgIpc) is 3.00. The third kappa shape index (κ3) is 3.43. The number of benzene rings is 1. The van der Waals surface area contributed by atoms with Gasteiger partial charge in [0.15, 0.2) is 5.69 Å². The minimum atomic E-state index is -0.243. The Kier molecular flexibility index (Phi) is 4.85. The van der Waals surface area contributed by atoms with Crippen LogP contribution in [0.1, 0.15) is 39.9 Å². The molecule has 1 aliphatic heterocycles. The van der Waals surface area contributed by atoms with Gasteiger partial charge in [0.2, 0.25) is 0 Å². The largest absolute Gasteiger partial charge is 0.351 e. The zero-order valence-electron chi connectivity index (χ0n) is 13.5. The molecule has 1 N–H and O–H groups in total. The van der Waals surface area contributed by atoms with Gasteiger partial charge in [0, 0.05) is 30.7 Å². The molecule has 2 heterocycles. The molecule has 0 unspecified atom stereocenters. The van der Waals surface area contributed by atoms with E-state index < -0.39 is 0 Å². The molecule has 7 heteroatoms. The first-order chi connectivity index (χ1) is 11.6. The second kappa shape index (κ2) is 7.05. The van der Waals surface area contributed by atoms with Crippen LogP contribution >= 0.6 is 11.6 Å². The van der Waals surface area contributed by atoms with Crippen molar-refractivity contribution < 1.29 is 9.59 Å². The number of nitrogens with one attached hydrogen (secondary N) is 1. The summed E-state index contributed by atoms with van der Waals surface area (Å²) < 4.78 is 1.61. The Morgan fingerprint density at radius 1 is 1.33 bits per heavy atom. The van der Waals surface area contributed by atoms with E-state index in [2.05, 4.69) is 10.4 Å². The van der Waals surface area contributed by atoms with Crippen LogP contribution in [0.15, 0.2) is 30.3 Å². The monoisotopic (exact) mass is 346 g/mol. The minimum Gasteiger partial charge on any atom is -0.351 e. The highest BCUT2D eigenvalue weighted by Crippen LogP contribution is 2.18. The summed E-state index contributed by atoms with van der Waals surface area (Å²) in [6.07, 6.45) is 0.853. The first kappa shape index (κ1) is 16.5. The van der Waals surface area contributed by atoms with Crippen molar-refractivity contribution in [1.29, 1.82) is 0 Å². The topological polar surface area (TPSA) is 67.2 Å². The van der Waals surface area contributed by atoms with Gasteiger partial charge in [-0.15, -0.1) is 0 Å². The molecule has 0 saturated heterocycles. The van der Waals surface area contributed by atoms with Crippen LogP contribution < -0.4 is 5.32 Å². The summed E-state index contributed by atoms with van der Waals surface area (Å²) in [6.45, 7) is 4.19. The van der Waals surface area contributed by atoms with Crippen LogP contribution in [0.4, 0.5) is 0 Å². The predicted octanol–water partition coefficient (Wildman–Crippen LogP) is 2.33. The maximum Gasteiger partial charge on any atom is 0.272 e. The van der Waals surface area contributed by atoms with Gasteiger partial charge >= 0.3 is 0 Å². The fourth-order valence-electron chi connectivity index (χ4n) is 2.68. The van der Waals surface area contributed by atoms with Crippen LogP contribution in [0.3, 0.4) is 0 Å². The summed E-state index contributed by atoms with van der Waals surface area (Å²) in [4.78, 5) is 26.4. The zero-order valence-corrected chi connectivity index (χ0v) is 14.2. The summed E-state index contributed by atoms with van der Waals surface area (Å²) >= 11 is 6.00. The van der Waals surface area contributed by atoms with Gasteiger partial charge in [-0.2, -0.15) is 5.10 Å². The number of carbonyl (C=O) groups excluding carboxylic acids is 2. The highest BCUT2D eigenvalue weighted by molar-refractivity contribution is 6.30. The van der Waals surface area contributed by atoms with Crippen molar-refractivity contribution in [3.05, 3.63) is 52.3 Å². The quantitative estimate of drug-likeness (QED) is 0.903. The van der Waals surface area contributed by atoms with E-state index in [-0.39, 0.29) is 17.5 Å². The van der Waals surface area contributed by atoms with E-state index in [9.17, 15) is 9.59 Å². The molecule has 1 aromatic carbocycles. The Bertz CT molecular complexity index is 772. The van der Waals surface area contributed by atoms with Gasteiger partial charge in [-0.25, -0.2) is 0 Å². The normalized spacial score (nSPS) is 13.8. The van der Waals surface area contributed by atoms with Gasteiger partial charge in [0.1, 0.15) is 5.69 Å². The fraction of sp³-hybridized carbons (Fsp3) is 0.353. The Morgan fingerprint density at radius 3 is 2.92 bits per heavy atom. The van der Waals surface area contributed by atoms with Crippen molar-refractivity contribution in [2.75, 3.05) is 13.1 Å². The molecule has 0 spiro atoms. The number of halogens is 1. The number of hydrogen-bond acceptors (Lipinski definition) is 3. The lowest BCUT2D eigenvalue weighted by atomic mass is 10.2. The molecule has 0 bridgehead atoms. The summed E-state index contributed by atoms with van der Waals surface area (Å²) in [6, 6.07) is 9.03. The smallest absolute Gasteiger partial charge is 0.272 e. The maximum atomic E-state index is 12.7. The van der Waals surface area contributed by atoms with Crippen molar-refractivity contribution in [3.8, 4) is 0 Å². The van der Waals surface area contributed by atoms with Crippen LogP contribution in [-0.2, 0) is 13.1 Å². The van der Waals surface area contributed by atoms with Gasteiger partial charge in [-0.05, 0) is 24.1 Å². The first-order valence-corrected chi connectivity index (χ1v) is 8.36. The number of aromatic nitrogens is 2. The second-order valence-electron chi connectivity index (χ2n) is 5.75. The van der Waals surface area contributed by atoms with E-state index in [1.54, 1.807) is 21.7 Å². The predicted molar refractivity (Wildman–Crippen MR) is 91.0 cm³/mol. The van der Waals surface area contributed by atoms with Crippen LogP contribution in [0.25, 0.3) is 0 Å². The lowest BCUT2D eigenvalue weighted by Gasteiger charge is -2.27. The molecule has 0 radical (unpaired) electrons. The number of rotatable bonds is 5. The standard InChI is InChI=1S/C17H19ClN4O2/c1-2-6-19-16(23)14-10-15-17(24)21(7-8-22(15)20-14)11-12-4-3-5-13(18)9-12/h3-5,9-10H,2,6-8,11H2,1H3,(H,19,23). The SMILES string of the molecule is CCCNC(=O)c1cc2n(n1)CCN(Cc1cccc(Cl)c1)C2=O. The van der Waals surface area contributed by atoms with E-state index in [1.165, 1.54) is 0 Å². The van der Waals surface area contributed by atoms with E-state index in [0.717, 1.165) is 12.0 Å². The Balaban J connectivity index is 1.75. The Morgan fingerprint density at radius 2 is 2.17 bits per heavy atom. The van der Waals surface area contributed by atoms with Crippen LogP contribution in [0, 0.1) is 0 Å². The Labute approximate surface area is 145 Å². The molecule has 6 nitrogen and oxygen atoms in total. The minimum absolute atomic E-state index is 0.122. The summed E-state index contributed by atoms with van der Waals surface area (Å²) in [5.74, 6) is -0.365. The average molecular weight is 347 g/mol. The number of carbonyl (C=O) groups is 2. The van der Waals surface area contributed by atoms with Gasteiger partial charge in [-0.1, -0.05) is 30.7 Å². The molecule has 24 heavy (non-hydrogen) atoms. The first-order valence-electron chi connectivity index (χ1n) is 7.98. The molecule has 0 aliphatic carbocycles. The van der Waals surface area contributed by atoms with Gasteiger partial charge in [0.05, 0.1) is 6.54 Å². The molecule has 126 valence electrons. The van der Waals surface area contributed by atoms with Crippen LogP contribution in [0.2, 0.25) is 5.02 Å². The van der Waals surface area contributed by atoms with Gasteiger partial charge in [0.25, 0.3) is 11.8 Å². The summed E-state index contributed by atoms with van der Waals surface area (Å²) in [5.41, 5.74) is 1.71. The van der Waals surface area contributed by atoms with Crippen LogP contribution in [-0.4, -0.2) is 39.6 Å². The lowest BCUT2D eigenvalue weighted by Crippen LogP contribution is -2.39. The molecule has 0 atom stereocenters. The third-order valence-corrected chi connectivity index (χ3v) is 4.13. The fourth-order valence-corrected chi connectivity index (χ4v) is 2.90. The highest BCUT2D eigenvalue weighted by Gasteiger charge is 2.27. The second-order valence-corrected chi connectivity index (χ2v) is 6.19. The summed E-state index contributed by atoms with van der Waals surface area (Å²) in [7, 11) is 0. The molecule has 1 aliphatic rings. The summed E-state index contributed by atoms with van der Waals surface area (Å²) in [5, 5.41) is 7.67. The molecule has 0 saturated carbocycles. The molecule has 2 aromatic rings. The van der Waals surface area contributed by atoms with Crippen molar-refractivity contribution in [1.82, 2.24) is 20.0 Å². The van der Waals surface area contributed by atoms with Gasteiger partial charge in [-0.3, -0.25) is 14.3 Å². The van der Waals surface area contributed by atoms with E-state index in [4.69, 9.17) is 11.6 Å². The molecular weight excluding hydrogens is 328 g/mol. The Hall–Kier alpha value is -2.34. The number of fused-ring (bicyclic) bond motifs is 1.